The van der Waals surface area contributed by atoms with Crippen molar-refractivity contribution in [1.29, 1.82) is 0 Å². The van der Waals surface area contributed by atoms with E-state index in [0.29, 0.717) is 21.3 Å². The average Bonchev–Trinajstić information content (AvgIpc) is 3.32. The van der Waals surface area contributed by atoms with Crippen LogP contribution >= 0.6 is 45.9 Å². The van der Waals surface area contributed by atoms with E-state index in [1.165, 1.54) is 0 Å². The molecule has 10 heteroatoms. The molecule has 0 radical (unpaired) electrons. The van der Waals surface area contributed by atoms with Crippen LogP contribution in [-0.2, 0) is 5.41 Å². The molecule has 29 heavy (non-hydrogen) atoms. The largest absolute Gasteiger partial charge is 0.349 e. The van der Waals surface area contributed by atoms with E-state index in [4.69, 9.17) is 28.2 Å². The Hall–Kier alpha value is -2.26. The lowest BCUT2D eigenvalue weighted by Crippen LogP contribution is -2.30. The molecule has 0 aliphatic carbocycles. The quantitative estimate of drug-likeness (QED) is 0.472. The first-order valence-corrected chi connectivity index (χ1v) is 11.0. The summed E-state index contributed by atoms with van der Waals surface area (Å²) in [4.78, 5) is 30.2. The van der Waals surface area contributed by atoms with E-state index in [1.54, 1.807) is 34.8 Å². The summed E-state index contributed by atoms with van der Waals surface area (Å²) in [6, 6.07) is 5.23. The van der Waals surface area contributed by atoms with Gasteiger partial charge in [0.05, 0.1) is 11.4 Å². The van der Waals surface area contributed by atoms with Crippen LogP contribution in [0.4, 0.5) is 0 Å². The molecular formula is C19H14Cl2N4O2S2. The van der Waals surface area contributed by atoms with E-state index < -0.39 is 16.7 Å². The third-order valence-electron chi connectivity index (χ3n) is 4.47. The predicted molar refractivity (Wildman–Crippen MR) is 118 cm³/mol. The summed E-state index contributed by atoms with van der Waals surface area (Å²) in [6.07, 6.45) is 1.02. The minimum absolute atomic E-state index is 0.360. The topological polar surface area (TPSA) is 80.6 Å². The third-order valence-corrected chi connectivity index (χ3v) is 6.91. The number of thiazole rings is 1. The Labute approximate surface area is 183 Å². The smallest absolute Gasteiger partial charge is 0.271 e. The molecule has 1 N–H and O–H groups in total. The van der Waals surface area contributed by atoms with Gasteiger partial charge in [-0.3, -0.25) is 9.78 Å². The molecule has 3 heterocycles. The van der Waals surface area contributed by atoms with Gasteiger partial charge in [-0.25, -0.2) is 9.78 Å². The first-order valence-electron chi connectivity index (χ1n) is 8.44. The Morgan fingerprint density at radius 1 is 1.14 bits per heavy atom. The van der Waals surface area contributed by atoms with Crippen molar-refractivity contribution in [2.24, 2.45) is 0 Å². The van der Waals surface area contributed by atoms with Gasteiger partial charge in [-0.1, -0.05) is 23.2 Å². The van der Waals surface area contributed by atoms with E-state index in [0.717, 1.165) is 27.1 Å². The highest BCUT2D eigenvalue weighted by Crippen LogP contribution is 2.43. The second kappa shape index (κ2) is 7.53. The van der Waals surface area contributed by atoms with Crippen molar-refractivity contribution < 1.29 is 0 Å². The summed E-state index contributed by atoms with van der Waals surface area (Å²) < 4.78 is 1.04. The summed E-state index contributed by atoms with van der Waals surface area (Å²) in [7, 11) is 0. The number of rotatable bonds is 4. The van der Waals surface area contributed by atoms with Gasteiger partial charge in [0.2, 0.25) is 0 Å². The van der Waals surface area contributed by atoms with Gasteiger partial charge >= 0.3 is 5.69 Å². The number of H-pyrrole nitrogens is 1. The number of aromatic amines is 1. The van der Waals surface area contributed by atoms with Gasteiger partial charge in [0, 0.05) is 37.3 Å². The lowest BCUT2D eigenvalue weighted by atomic mass is 9.85. The zero-order chi connectivity index (χ0) is 20.8. The van der Waals surface area contributed by atoms with Crippen LogP contribution in [0.25, 0.3) is 16.9 Å². The molecule has 0 saturated heterocycles. The maximum atomic E-state index is 12.0. The molecule has 0 spiro atoms. The van der Waals surface area contributed by atoms with Crippen LogP contribution < -0.4 is 11.2 Å². The number of nitrogens with zero attached hydrogens (tertiary/aromatic N) is 3. The molecule has 0 aliphatic heterocycles. The highest BCUT2D eigenvalue weighted by atomic mass is 35.5. The number of benzene rings is 1. The molecule has 0 fully saturated rings. The Morgan fingerprint density at radius 3 is 2.48 bits per heavy atom. The molecule has 0 saturated carbocycles. The molecule has 0 atom stereocenters. The van der Waals surface area contributed by atoms with Crippen LogP contribution in [0.1, 0.15) is 24.4 Å². The van der Waals surface area contributed by atoms with Gasteiger partial charge < -0.3 is 0 Å². The minimum Gasteiger partial charge on any atom is -0.271 e. The van der Waals surface area contributed by atoms with Crippen molar-refractivity contribution >= 4 is 45.9 Å². The zero-order valence-corrected chi connectivity index (χ0v) is 18.4. The van der Waals surface area contributed by atoms with Crippen LogP contribution in [0.2, 0.25) is 10.0 Å². The first-order chi connectivity index (χ1) is 13.8. The average molecular weight is 465 g/mol. The second-order valence-electron chi connectivity index (χ2n) is 6.81. The SMILES string of the molecule is CC(C)(c1nc(-c2ccsc2)cs1)c1c(Cl)cc(-n2ncc(=O)[nH]c2=O)cc1Cl. The van der Waals surface area contributed by atoms with Crippen molar-refractivity contribution in [2.75, 3.05) is 0 Å². The van der Waals surface area contributed by atoms with E-state index in [9.17, 15) is 9.59 Å². The van der Waals surface area contributed by atoms with E-state index in [-0.39, 0.29) is 0 Å². The van der Waals surface area contributed by atoms with E-state index in [2.05, 4.69) is 15.5 Å². The lowest BCUT2D eigenvalue weighted by Gasteiger charge is -2.25. The molecule has 4 aromatic rings. The predicted octanol–water partition coefficient (Wildman–Crippen LogP) is 4.74. The molecule has 1 aromatic carbocycles. The number of aromatic nitrogens is 4. The Morgan fingerprint density at radius 2 is 1.86 bits per heavy atom. The zero-order valence-electron chi connectivity index (χ0n) is 15.3. The molecule has 3 aromatic heterocycles. The maximum absolute atomic E-state index is 12.0. The van der Waals surface area contributed by atoms with Crippen molar-refractivity contribution in [2.45, 2.75) is 19.3 Å². The van der Waals surface area contributed by atoms with Crippen molar-refractivity contribution in [3.05, 3.63) is 82.0 Å². The van der Waals surface area contributed by atoms with Crippen molar-refractivity contribution in [3.8, 4) is 16.9 Å². The van der Waals surface area contributed by atoms with Gasteiger partial charge in [-0.15, -0.1) is 11.3 Å². The number of hydrogen-bond donors (Lipinski definition) is 1. The van der Waals surface area contributed by atoms with Crippen LogP contribution in [0.15, 0.2) is 50.1 Å². The highest BCUT2D eigenvalue weighted by Gasteiger charge is 2.32. The molecule has 148 valence electrons. The van der Waals surface area contributed by atoms with Crippen LogP contribution in [-0.4, -0.2) is 19.7 Å². The normalized spacial score (nSPS) is 11.7. The van der Waals surface area contributed by atoms with Crippen LogP contribution in [0.5, 0.6) is 0 Å². The standard InChI is InChI=1S/C19H14Cl2N4O2S2/c1-19(2,17-23-14(9-29-17)10-3-4-28-8-10)16-12(20)5-11(6-13(16)21)25-18(27)24-15(26)7-22-25/h3-9H,1-2H3,(H,24,26,27). The maximum Gasteiger partial charge on any atom is 0.349 e. The van der Waals surface area contributed by atoms with Gasteiger partial charge in [0.1, 0.15) is 11.2 Å². The second-order valence-corrected chi connectivity index (χ2v) is 9.26. The minimum atomic E-state index is -0.669. The van der Waals surface area contributed by atoms with E-state index in [1.807, 2.05) is 30.7 Å². The number of nitrogens with one attached hydrogen (secondary N) is 1. The number of halogens is 2. The van der Waals surface area contributed by atoms with Crippen LogP contribution in [0.3, 0.4) is 0 Å². The fourth-order valence-electron chi connectivity index (χ4n) is 3.03. The fraction of sp³-hybridized carbons (Fsp3) is 0.158. The molecule has 0 bridgehead atoms. The molecular weight excluding hydrogens is 451 g/mol. The molecule has 0 aliphatic rings. The Kier molecular flexibility index (Phi) is 5.20. The summed E-state index contributed by atoms with van der Waals surface area (Å²) in [5.74, 6) is 0. The summed E-state index contributed by atoms with van der Waals surface area (Å²) in [6.45, 7) is 4.00. The summed E-state index contributed by atoms with van der Waals surface area (Å²) >= 11 is 16.3. The van der Waals surface area contributed by atoms with Gasteiger partial charge in [-0.05, 0) is 37.4 Å². The molecule has 0 unspecified atom stereocenters. The van der Waals surface area contributed by atoms with Crippen molar-refractivity contribution in [3.63, 3.8) is 0 Å². The van der Waals surface area contributed by atoms with E-state index >= 15 is 0 Å². The Balaban J connectivity index is 1.78. The fourth-order valence-corrected chi connectivity index (χ4v) is 5.58. The van der Waals surface area contributed by atoms with Gasteiger partial charge in [-0.2, -0.15) is 21.1 Å². The number of hydrogen-bond acceptors (Lipinski definition) is 6. The Bertz CT molecular complexity index is 1280. The summed E-state index contributed by atoms with van der Waals surface area (Å²) in [5.41, 5.74) is 1.24. The molecule has 6 nitrogen and oxygen atoms in total. The monoisotopic (exact) mass is 464 g/mol. The van der Waals surface area contributed by atoms with Crippen LogP contribution in [0, 0.1) is 0 Å². The third kappa shape index (κ3) is 3.69. The molecule has 0 amide bonds. The molecule has 4 rings (SSSR count). The van der Waals surface area contributed by atoms with Crippen molar-refractivity contribution in [1.82, 2.24) is 19.7 Å². The van der Waals surface area contributed by atoms with Gasteiger partial charge in [0.15, 0.2) is 0 Å². The lowest BCUT2D eigenvalue weighted by molar-refractivity contribution is 0.635. The first kappa shape index (κ1) is 20.0. The van der Waals surface area contributed by atoms with Gasteiger partial charge in [0.25, 0.3) is 5.56 Å². The number of thiophene rings is 1. The summed E-state index contributed by atoms with van der Waals surface area (Å²) in [5, 5.41) is 11.6. The highest BCUT2D eigenvalue weighted by molar-refractivity contribution is 7.10.